The van der Waals surface area contributed by atoms with Crippen molar-refractivity contribution >= 4 is 23.4 Å². The van der Waals surface area contributed by atoms with Crippen LogP contribution in [-0.4, -0.2) is 48.6 Å². The largest absolute Gasteiger partial charge is 0.352 e. The molecular weight excluding hydrogens is 444 g/mol. The molecule has 0 radical (unpaired) electrons. The zero-order valence-corrected chi connectivity index (χ0v) is 18.8. The van der Waals surface area contributed by atoms with Crippen molar-refractivity contribution in [3.8, 4) is 5.69 Å². The quantitative estimate of drug-likeness (QED) is 0.521. The summed E-state index contributed by atoms with van der Waals surface area (Å²) < 4.78 is 1.50. The Morgan fingerprint density at radius 3 is 2.88 bits per heavy atom. The fourth-order valence-corrected chi connectivity index (χ4v) is 3.75. The number of aromatic nitrogens is 5. The number of carbonyl (C=O) groups excluding carboxylic acids is 2. The summed E-state index contributed by atoms with van der Waals surface area (Å²) in [6.45, 7) is 3.14. The first-order valence-electron chi connectivity index (χ1n) is 10.4. The molecule has 1 aliphatic heterocycles. The number of rotatable bonds is 8. The Labute approximate surface area is 195 Å². The van der Waals surface area contributed by atoms with E-state index in [9.17, 15) is 9.59 Å². The maximum Gasteiger partial charge on any atom is 0.264 e. The van der Waals surface area contributed by atoms with Gasteiger partial charge >= 0.3 is 0 Å². The third kappa shape index (κ3) is 5.60. The van der Waals surface area contributed by atoms with Gasteiger partial charge in [0.1, 0.15) is 6.33 Å². The summed E-state index contributed by atoms with van der Waals surface area (Å²) in [7, 11) is 0. The molecular formula is C22H23ClN8O2. The lowest BCUT2D eigenvalue weighted by Gasteiger charge is -2.30. The highest BCUT2D eigenvalue weighted by Crippen LogP contribution is 2.22. The number of halogens is 1. The van der Waals surface area contributed by atoms with Gasteiger partial charge in [0.2, 0.25) is 5.91 Å². The molecule has 1 aliphatic rings. The van der Waals surface area contributed by atoms with Gasteiger partial charge in [-0.1, -0.05) is 23.2 Å². The molecule has 33 heavy (non-hydrogen) atoms. The number of carbonyl (C=O) groups is 2. The van der Waals surface area contributed by atoms with Gasteiger partial charge in [-0.05, 0) is 59.2 Å². The summed E-state index contributed by atoms with van der Waals surface area (Å²) in [4.78, 5) is 29.8. The van der Waals surface area contributed by atoms with Crippen LogP contribution in [0.2, 0.25) is 5.02 Å². The van der Waals surface area contributed by atoms with Crippen molar-refractivity contribution in [3.05, 3.63) is 76.3 Å². The monoisotopic (exact) mass is 466 g/mol. The lowest BCUT2D eigenvalue weighted by molar-refractivity contribution is -0.132. The molecule has 1 aromatic carbocycles. The molecule has 0 spiro atoms. The molecule has 3 aromatic rings. The normalized spacial score (nSPS) is 14.0. The van der Waals surface area contributed by atoms with Gasteiger partial charge < -0.3 is 5.32 Å². The molecule has 2 aromatic heterocycles. The average molecular weight is 467 g/mol. The molecule has 11 heteroatoms. The SMILES string of the molecule is CC1=C(CC(=O)NCc2cc(Cl)ccc2-n2cnnn2)C(=O)N(NCc2cccnc2)CC1. The van der Waals surface area contributed by atoms with Crippen LogP contribution in [0.3, 0.4) is 0 Å². The number of nitrogens with zero attached hydrogens (tertiary/aromatic N) is 6. The van der Waals surface area contributed by atoms with E-state index in [0.717, 1.165) is 16.7 Å². The Morgan fingerprint density at radius 1 is 1.24 bits per heavy atom. The van der Waals surface area contributed by atoms with E-state index in [1.807, 2.05) is 19.1 Å². The van der Waals surface area contributed by atoms with E-state index in [1.54, 1.807) is 35.6 Å². The molecule has 0 saturated carbocycles. The summed E-state index contributed by atoms with van der Waals surface area (Å²) in [5.74, 6) is -0.440. The minimum absolute atomic E-state index is 0.00345. The van der Waals surface area contributed by atoms with Crippen molar-refractivity contribution in [1.82, 2.24) is 40.9 Å². The van der Waals surface area contributed by atoms with Crippen molar-refractivity contribution in [3.63, 3.8) is 0 Å². The highest BCUT2D eigenvalue weighted by Gasteiger charge is 2.26. The maximum absolute atomic E-state index is 13.0. The summed E-state index contributed by atoms with van der Waals surface area (Å²) in [6, 6.07) is 9.04. The number of hydrazine groups is 1. The van der Waals surface area contributed by atoms with E-state index in [2.05, 4.69) is 31.3 Å². The van der Waals surface area contributed by atoms with Crippen LogP contribution in [0.1, 0.15) is 30.9 Å². The van der Waals surface area contributed by atoms with Gasteiger partial charge in [-0.2, -0.15) is 0 Å². The van der Waals surface area contributed by atoms with Crippen LogP contribution in [0.5, 0.6) is 0 Å². The predicted molar refractivity (Wildman–Crippen MR) is 121 cm³/mol. The molecule has 2 amide bonds. The van der Waals surface area contributed by atoms with E-state index in [0.29, 0.717) is 35.8 Å². The van der Waals surface area contributed by atoms with Crippen molar-refractivity contribution in [2.45, 2.75) is 32.9 Å². The van der Waals surface area contributed by atoms with Crippen molar-refractivity contribution in [2.75, 3.05) is 6.54 Å². The Bertz CT molecular complexity index is 1160. The van der Waals surface area contributed by atoms with Crippen LogP contribution < -0.4 is 10.7 Å². The average Bonchev–Trinajstić information content (AvgIpc) is 3.35. The number of nitrogens with one attached hydrogen (secondary N) is 2. The van der Waals surface area contributed by atoms with Gasteiger partial charge in [0.05, 0.1) is 12.1 Å². The Morgan fingerprint density at radius 2 is 2.12 bits per heavy atom. The highest BCUT2D eigenvalue weighted by atomic mass is 35.5. The van der Waals surface area contributed by atoms with E-state index >= 15 is 0 Å². The minimum atomic E-state index is -0.255. The highest BCUT2D eigenvalue weighted by molar-refractivity contribution is 6.30. The fourth-order valence-electron chi connectivity index (χ4n) is 3.55. The third-order valence-corrected chi connectivity index (χ3v) is 5.61. The Balaban J connectivity index is 1.38. The standard InChI is InChI=1S/C22H23ClN8O2/c1-15-6-8-30(27-12-16-3-2-7-24-11-16)22(33)19(15)10-21(32)25-13-17-9-18(23)4-5-20(17)31-14-26-28-29-31/h2-5,7,9,11,14,27H,6,8,10,12-13H2,1H3,(H,25,32). The van der Waals surface area contributed by atoms with Gasteiger partial charge in [0.25, 0.3) is 5.91 Å². The summed E-state index contributed by atoms with van der Waals surface area (Å²) >= 11 is 6.14. The van der Waals surface area contributed by atoms with E-state index in [4.69, 9.17) is 11.6 Å². The lowest BCUT2D eigenvalue weighted by atomic mass is 9.98. The van der Waals surface area contributed by atoms with Gasteiger partial charge in [-0.3, -0.25) is 19.6 Å². The molecule has 170 valence electrons. The number of hydrogen-bond acceptors (Lipinski definition) is 7. The predicted octanol–water partition coefficient (Wildman–Crippen LogP) is 1.97. The van der Waals surface area contributed by atoms with Crippen molar-refractivity contribution in [2.24, 2.45) is 0 Å². The third-order valence-electron chi connectivity index (χ3n) is 5.38. The van der Waals surface area contributed by atoms with Crippen LogP contribution >= 0.6 is 11.6 Å². The van der Waals surface area contributed by atoms with Crippen molar-refractivity contribution in [1.29, 1.82) is 0 Å². The smallest absolute Gasteiger partial charge is 0.264 e. The summed E-state index contributed by atoms with van der Waals surface area (Å²) in [6.07, 6.45) is 5.61. The van der Waals surface area contributed by atoms with E-state index < -0.39 is 0 Å². The minimum Gasteiger partial charge on any atom is -0.352 e. The first-order chi connectivity index (χ1) is 16.0. The molecule has 0 fully saturated rings. The van der Waals surface area contributed by atoms with E-state index in [-0.39, 0.29) is 24.8 Å². The molecule has 0 aliphatic carbocycles. The molecule has 0 atom stereocenters. The maximum atomic E-state index is 13.0. The molecule has 0 bridgehead atoms. The molecule has 10 nitrogen and oxygen atoms in total. The van der Waals surface area contributed by atoms with Gasteiger partial charge in [0.15, 0.2) is 0 Å². The van der Waals surface area contributed by atoms with Crippen molar-refractivity contribution < 1.29 is 9.59 Å². The van der Waals surface area contributed by atoms with Crippen LogP contribution in [0.15, 0.2) is 60.2 Å². The lowest BCUT2D eigenvalue weighted by Crippen LogP contribution is -2.46. The number of hydrogen-bond donors (Lipinski definition) is 2. The fraction of sp³-hybridized carbons (Fsp3) is 0.273. The van der Waals surface area contributed by atoms with Gasteiger partial charge in [-0.25, -0.2) is 10.1 Å². The Hall–Kier alpha value is -3.63. The first kappa shape index (κ1) is 22.6. The first-order valence-corrected chi connectivity index (χ1v) is 10.8. The number of benzene rings is 1. The molecule has 0 unspecified atom stereocenters. The van der Waals surface area contributed by atoms with Gasteiger partial charge in [-0.15, -0.1) is 5.10 Å². The zero-order valence-electron chi connectivity index (χ0n) is 18.0. The summed E-state index contributed by atoms with van der Waals surface area (Å²) in [5, 5.41) is 16.2. The topological polar surface area (TPSA) is 118 Å². The molecule has 0 saturated heterocycles. The van der Waals surface area contributed by atoms with Crippen LogP contribution in [-0.2, 0) is 22.7 Å². The zero-order chi connectivity index (χ0) is 23.2. The molecule has 2 N–H and O–H groups in total. The second-order valence-corrected chi connectivity index (χ2v) is 8.08. The number of tetrazole rings is 1. The second-order valence-electron chi connectivity index (χ2n) is 7.64. The van der Waals surface area contributed by atoms with Crippen LogP contribution in [0, 0.1) is 0 Å². The van der Waals surface area contributed by atoms with Gasteiger partial charge in [0, 0.05) is 42.6 Å². The second kappa shape index (κ2) is 10.3. The Kier molecular flexibility index (Phi) is 7.06. The van der Waals surface area contributed by atoms with Crippen LogP contribution in [0.25, 0.3) is 5.69 Å². The van der Waals surface area contributed by atoms with Crippen LogP contribution in [0.4, 0.5) is 0 Å². The van der Waals surface area contributed by atoms with E-state index in [1.165, 1.54) is 11.0 Å². The number of pyridine rings is 1. The molecule has 3 heterocycles. The number of amides is 2. The molecule has 4 rings (SSSR count). The summed E-state index contributed by atoms with van der Waals surface area (Å²) in [5.41, 5.74) is 7.00.